The molecule has 0 aliphatic carbocycles. The molecule has 0 saturated heterocycles. The molecule has 0 fully saturated rings. The summed E-state index contributed by atoms with van der Waals surface area (Å²) in [7, 11) is 1.67. The first-order valence-corrected chi connectivity index (χ1v) is 5.89. The highest BCUT2D eigenvalue weighted by molar-refractivity contribution is 6.30. The lowest BCUT2D eigenvalue weighted by molar-refractivity contribution is 0.102. The average Bonchev–Trinajstić information content (AvgIpc) is 2.43. The maximum absolute atomic E-state index is 13.3. The van der Waals surface area contributed by atoms with Gasteiger partial charge in [0.2, 0.25) is 0 Å². The summed E-state index contributed by atoms with van der Waals surface area (Å²) in [5.74, 6) is -0.506. The molecule has 98 valence electrons. The minimum atomic E-state index is -0.584. The SMILES string of the molecule is CNc1ncccc1C(=O)Nc1ccc(Cl)c(F)c1. The molecule has 4 nitrogen and oxygen atoms in total. The Morgan fingerprint density at radius 1 is 1.37 bits per heavy atom. The van der Waals surface area contributed by atoms with Crippen LogP contribution in [0.3, 0.4) is 0 Å². The molecule has 0 unspecified atom stereocenters. The van der Waals surface area contributed by atoms with Crippen molar-refractivity contribution in [3.63, 3.8) is 0 Å². The molecular formula is C13H11ClFN3O. The lowest BCUT2D eigenvalue weighted by Gasteiger charge is -2.09. The van der Waals surface area contributed by atoms with Crippen molar-refractivity contribution < 1.29 is 9.18 Å². The van der Waals surface area contributed by atoms with Crippen molar-refractivity contribution in [3.8, 4) is 0 Å². The first-order chi connectivity index (χ1) is 9.11. The zero-order valence-corrected chi connectivity index (χ0v) is 10.8. The van der Waals surface area contributed by atoms with E-state index < -0.39 is 5.82 Å². The van der Waals surface area contributed by atoms with Crippen LogP contribution in [0.1, 0.15) is 10.4 Å². The Hall–Kier alpha value is -2.14. The molecule has 0 spiro atoms. The fourth-order valence-electron chi connectivity index (χ4n) is 1.56. The third-order valence-electron chi connectivity index (χ3n) is 2.47. The molecule has 2 aromatic rings. The number of hydrogen-bond acceptors (Lipinski definition) is 3. The molecule has 0 aliphatic rings. The Balaban J connectivity index is 2.23. The van der Waals surface area contributed by atoms with Gasteiger partial charge in [-0.1, -0.05) is 11.6 Å². The van der Waals surface area contributed by atoms with Crippen LogP contribution < -0.4 is 10.6 Å². The lowest BCUT2D eigenvalue weighted by atomic mass is 10.2. The topological polar surface area (TPSA) is 54.0 Å². The minimum Gasteiger partial charge on any atom is -0.372 e. The Bertz CT molecular complexity index is 619. The van der Waals surface area contributed by atoms with Crippen LogP contribution in [0.2, 0.25) is 5.02 Å². The van der Waals surface area contributed by atoms with Crippen LogP contribution in [-0.4, -0.2) is 17.9 Å². The summed E-state index contributed by atoms with van der Waals surface area (Å²) >= 11 is 5.57. The van der Waals surface area contributed by atoms with E-state index in [9.17, 15) is 9.18 Å². The van der Waals surface area contributed by atoms with Gasteiger partial charge in [-0.25, -0.2) is 9.37 Å². The van der Waals surface area contributed by atoms with Crippen molar-refractivity contribution in [2.24, 2.45) is 0 Å². The highest BCUT2D eigenvalue weighted by Gasteiger charge is 2.12. The van der Waals surface area contributed by atoms with Gasteiger partial charge in [0, 0.05) is 18.9 Å². The first kappa shape index (κ1) is 13.3. The van der Waals surface area contributed by atoms with E-state index in [1.807, 2.05) is 0 Å². The minimum absolute atomic E-state index is 0.00953. The van der Waals surface area contributed by atoms with E-state index in [1.54, 1.807) is 25.4 Å². The normalized spacial score (nSPS) is 10.1. The van der Waals surface area contributed by atoms with Crippen LogP contribution in [0.4, 0.5) is 15.9 Å². The zero-order valence-electron chi connectivity index (χ0n) is 10.1. The summed E-state index contributed by atoms with van der Waals surface area (Å²) in [5.41, 5.74) is 0.707. The van der Waals surface area contributed by atoms with Crippen LogP contribution >= 0.6 is 11.6 Å². The highest BCUT2D eigenvalue weighted by atomic mass is 35.5. The van der Waals surface area contributed by atoms with Crippen LogP contribution in [0, 0.1) is 5.82 Å². The second kappa shape index (κ2) is 5.67. The summed E-state index contributed by atoms with van der Waals surface area (Å²) in [6, 6.07) is 7.35. The van der Waals surface area contributed by atoms with E-state index in [0.29, 0.717) is 17.1 Å². The van der Waals surface area contributed by atoms with Crippen molar-refractivity contribution >= 4 is 29.0 Å². The number of aromatic nitrogens is 1. The second-order valence-corrected chi connectivity index (χ2v) is 4.14. The monoisotopic (exact) mass is 279 g/mol. The third kappa shape index (κ3) is 3.00. The molecule has 19 heavy (non-hydrogen) atoms. The molecule has 2 N–H and O–H groups in total. The summed E-state index contributed by atoms with van der Waals surface area (Å²) in [6.07, 6.45) is 1.57. The van der Waals surface area contributed by atoms with Crippen molar-refractivity contribution in [2.75, 3.05) is 17.7 Å². The smallest absolute Gasteiger partial charge is 0.259 e. The van der Waals surface area contributed by atoms with E-state index in [1.165, 1.54) is 12.1 Å². The van der Waals surface area contributed by atoms with Gasteiger partial charge in [0.05, 0.1) is 10.6 Å². The number of benzene rings is 1. The second-order valence-electron chi connectivity index (χ2n) is 3.73. The van der Waals surface area contributed by atoms with Crippen molar-refractivity contribution in [1.82, 2.24) is 4.98 Å². The van der Waals surface area contributed by atoms with Crippen molar-refractivity contribution in [2.45, 2.75) is 0 Å². The molecule has 0 aliphatic heterocycles. The van der Waals surface area contributed by atoms with Gasteiger partial charge in [-0.2, -0.15) is 0 Å². The molecule has 1 heterocycles. The highest BCUT2D eigenvalue weighted by Crippen LogP contribution is 2.20. The third-order valence-corrected chi connectivity index (χ3v) is 2.77. The predicted molar refractivity (Wildman–Crippen MR) is 73.1 cm³/mol. The maximum atomic E-state index is 13.3. The van der Waals surface area contributed by atoms with Gasteiger partial charge in [0.15, 0.2) is 0 Å². The Morgan fingerprint density at radius 3 is 2.84 bits per heavy atom. The number of amides is 1. The van der Waals surface area contributed by atoms with E-state index in [2.05, 4.69) is 15.6 Å². The Morgan fingerprint density at radius 2 is 2.16 bits per heavy atom. The summed E-state index contributed by atoms with van der Waals surface area (Å²) in [5, 5.41) is 5.41. The van der Waals surface area contributed by atoms with Gasteiger partial charge in [0.25, 0.3) is 5.91 Å². The number of nitrogens with one attached hydrogen (secondary N) is 2. The molecule has 2 rings (SSSR count). The summed E-state index contributed by atoms with van der Waals surface area (Å²) in [6.45, 7) is 0. The number of pyridine rings is 1. The van der Waals surface area contributed by atoms with Gasteiger partial charge in [-0.05, 0) is 30.3 Å². The van der Waals surface area contributed by atoms with Crippen LogP contribution in [0.25, 0.3) is 0 Å². The van der Waals surface area contributed by atoms with Crippen molar-refractivity contribution in [3.05, 3.63) is 52.9 Å². The molecular weight excluding hydrogens is 269 g/mol. The number of carbonyl (C=O) groups excluding carboxylic acids is 1. The Labute approximate surface area is 114 Å². The summed E-state index contributed by atoms with van der Waals surface area (Å²) in [4.78, 5) is 16.1. The van der Waals surface area contributed by atoms with Gasteiger partial charge in [-0.15, -0.1) is 0 Å². The lowest BCUT2D eigenvalue weighted by Crippen LogP contribution is -2.14. The number of anilines is 2. The van der Waals surface area contributed by atoms with Crippen LogP contribution in [-0.2, 0) is 0 Å². The standard InChI is InChI=1S/C13H11ClFN3O/c1-16-12-9(3-2-6-17-12)13(19)18-8-4-5-10(14)11(15)7-8/h2-7H,1H3,(H,16,17)(H,18,19). The van der Waals surface area contributed by atoms with E-state index in [4.69, 9.17) is 11.6 Å². The number of rotatable bonds is 3. The quantitative estimate of drug-likeness (QED) is 0.907. The van der Waals surface area contributed by atoms with Gasteiger partial charge < -0.3 is 10.6 Å². The van der Waals surface area contributed by atoms with Gasteiger partial charge in [-0.3, -0.25) is 4.79 Å². The number of carbonyl (C=O) groups is 1. The summed E-state index contributed by atoms with van der Waals surface area (Å²) < 4.78 is 13.3. The van der Waals surface area contributed by atoms with E-state index in [0.717, 1.165) is 6.07 Å². The largest absolute Gasteiger partial charge is 0.372 e. The van der Waals surface area contributed by atoms with Crippen LogP contribution in [0.5, 0.6) is 0 Å². The fourth-order valence-corrected chi connectivity index (χ4v) is 1.68. The first-order valence-electron chi connectivity index (χ1n) is 5.51. The molecule has 1 amide bonds. The average molecular weight is 280 g/mol. The van der Waals surface area contributed by atoms with Gasteiger partial charge in [0.1, 0.15) is 11.6 Å². The molecule has 0 radical (unpaired) electrons. The number of hydrogen-bond donors (Lipinski definition) is 2. The van der Waals surface area contributed by atoms with Gasteiger partial charge >= 0.3 is 0 Å². The fraction of sp³-hybridized carbons (Fsp3) is 0.0769. The predicted octanol–water partition coefficient (Wildman–Crippen LogP) is 3.17. The molecule has 6 heteroatoms. The molecule has 0 bridgehead atoms. The van der Waals surface area contributed by atoms with E-state index in [-0.39, 0.29) is 10.9 Å². The Kier molecular flexibility index (Phi) is 3.97. The van der Waals surface area contributed by atoms with Crippen molar-refractivity contribution in [1.29, 1.82) is 0 Å². The maximum Gasteiger partial charge on any atom is 0.259 e. The zero-order chi connectivity index (χ0) is 13.8. The molecule has 1 aromatic heterocycles. The van der Waals surface area contributed by atoms with E-state index >= 15 is 0 Å². The molecule has 0 atom stereocenters. The number of halogens is 2. The molecule has 0 saturated carbocycles. The van der Waals surface area contributed by atoms with Crippen LogP contribution in [0.15, 0.2) is 36.5 Å². The molecule has 1 aromatic carbocycles. The number of nitrogens with zero attached hydrogens (tertiary/aromatic N) is 1.